The van der Waals surface area contributed by atoms with Gasteiger partial charge in [-0.1, -0.05) is 23.7 Å². The third kappa shape index (κ3) is 5.02. The topological polar surface area (TPSA) is 90.4 Å². The molecule has 0 aliphatic carbocycles. The van der Waals surface area contributed by atoms with Crippen molar-refractivity contribution in [3.8, 4) is 0 Å². The number of carbonyl (C=O) groups excluding carboxylic acids is 2. The zero-order chi connectivity index (χ0) is 27.0. The molecule has 0 spiro atoms. The fourth-order valence-electron chi connectivity index (χ4n) is 5.17. The van der Waals surface area contributed by atoms with Crippen molar-refractivity contribution in [2.75, 3.05) is 39.3 Å². The van der Waals surface area contributed by atoms with E-state index in [4.69, 9.17) is 21.3 Å². The highest BCUT2D eigenvalue weighted by atomic mass is 35.5. The SMILES string of the molecule is CCOC(=O)C1=C(CN2CCN3C(=O)N(C(C)C)C[C@H]3C2)NC(c2nccs2)=N[C@H]1c1cccc(F)c1Cl. The molecule has 0 saturated carbocycles. The fraction of sp³-hybridized carbons (Fsp3) is 0.462. The van der Waals surface area contributed by atoms with Crippen molar-refractivity contribution in [3.63, 3.8) is 0 Å². The third-order valence-corrected chi connectivity index (χ3v) is 8.18. The summed E-state index contributed by atoms with van der Waals surface area (Å²) in [6, 6.07) is 3.89. The monoisotopic (exact) mass is 560 g/mol. The van der Waals surface area contributed by atoms with Crippen molar-refractivity contribution < 1.29 is 18.7 Å². The van der Waals surface area contributed by atoms with Crippen LogP contribution in [0.4, 0.5) is 9.18 Å². The first-order valence-electron chi connectivity index (χ1n) is 12.7. The Morgan fingerprint density at radius 2 is 2.13 bits per heavy atom. The number of ether oxygens (including phenoxy) is 1. The fourth-order valence-corrected chi connectivity index (χ4v) is 5.99. The van der Waals surface area contributed by atoms with Crippen molar-refractivity contribution in [1.29, 1.82) is 0 Å². The average Bonchev–Trinajstić information content (AvgIpc) is 3.54. The quantitative estimate of drug-likeness (QED) is 0.520. The molecule has 2 amide bonds. The molecule has 0 radical (unpaired) electrons. The van der Waals surface area contributed by atoms with Crippen LogP contribution in [-0.4, -0.2) is 88.9 Å². The number of hydrogen-bond acceptors (Lipinski definition) is 8. The maximum absolute atomic E-state index is 14.5. The first-order valence-corrected chi connectivity index (χ1v) is 13.9. The van der Waals surface area contributed by atoms with E-state index in [0.29, 0.717) is 54.8 Å². The maximum Gasteiger partial charge on any atom is 0.338 e. The molecule has 1 aromatic heterocycles. The largest absolute Gasteiger partial charge is 0.463 e. The molecule has 0 unspecified atom stereocenters. The van der Waals surface area contributed by atoms with E-state index in [1.54, 1.807) is 25.3 Å². The van der Waals surface area contributed by atoms with Crippen molar-refractivity contribution in [2.45, 2.75) is 38.9 Å². The van der Waals surface area contributed by atoms with E-state index in [9.17, 15) is 14.0 Å². The number of esters is 1. The Balaban J connectivity index is 1.51. The summed E-state index contributed by atoms with van der Waals surface area (Å²) in [7, 11) is 0. The van der Waals surface area contributed by atoms with Crippen LogP contribution in [0.5, 0.6) is 0 Å². The van der Waals surface area contributed by atoms with Gasteiger partial charge in [-0.05, 0) is 26.8 Å². The van der Waals surface area contributed by atoms with Gasteiger partial charge in [0.05, 0.1) is 23.2 Å². The van der Waals surface area contributed by atoms with Gasteiger partial charge in [-0.25, -0.2) is 19.0 Å². The highest BCUT2D eigenvalue weighted by Gasteiger charge is 2.42. The van der Waals surface area contributed by atoms with Crippen molar-refractivity contribution in [1.82, 2.24) is 25.0 Å². The zero-order valence-corrected chi connectivity index (χ0v) is 23.1. The molecule has 5 rings (SSSR count). The summed E-state index contributed by atoms with van der Waals surface area (Å²) in [5.41, 5.74) is 1.27. The number of hydrogen-bond donors (Lipinski definition) is 1. The average molecular weight is 561 g/mol. The molecule has 2 fully saturated rings. The summed E-state index contributed by atoms with van der Waals surface area (Å²) in [4.78, 5) is 41.4. The van der Waals surface area contributed by atoms with Gasteiger partial charge in [0.1, 0.15) is 11.9 Å². The summed E-state index contributed by atoms with van der Waals surface area (Å²) in [6.45, 7) is 8.91. The second-order valence-corrected chi connectivity index (χ2v) is 11.0. The minimum Gasteiger partial charge on any atom is -0.463 e. The first-order chi connectivity index (χ1) is 18.3. The van der Waals surface area contributed by atoms with Gasteiger partial charge in [-0.2, -0.15) is 0 Å². The number of carbonyl (C=O) groups is 2. The van der Waals surface area contributed by atoms with Gasteiger partial charge in [-0.15, -0.1) is 11.3 Å². The van der Waals surface area contributed by atoms with Gasteiger partial charge < -0.3 is 19.9 Å². The van der Waals surface area contributed by atoms with E-state index < -0.39 is 17.8 Å². The molecule has 2 atom stereocenters. The molecule has 2 saturated heterocycles. The van der Waals surface area contributed by atoms with Crippen molar-refractivity contribution in [3.05, 3.63) is 62.5 Å². The minimum absolute atomic E-state index is 0.0643. The lowest BCUT2D eigenvalue weighted by Gasteiger charge is -2.38. The third-order valence-electron chi connectivity index (χ3n) is 7.00. The molecule has 3 aliphatic heterocycles. The number of piperazine rings is 1. The van der Waals surface area contributed by atoms with Crippen molar-refractivity contribution >= 4 is 40.8 Å². The molecule has 9 nitrogen and oxygen atoms in total. The predicted octanol–water partition coefficient (Wildman–Crippen LogP) is 3.67. The molecule has 4 heterocycles. The predicted molar refractivity (Wildman–Crippen MR) is 144 cm³/mol. The summed E-state index contributed by atoms with van der Waals surface area (Å²) in [5, 5.41) is 5.72. The van der Waals surface area contributed by atoms with E-state index in [-0.39, 0.29) is 35.3 Å². The molecule has 3 aliphatic rings. The summed E-state index contributed by atoms with van der Waals surface area (Å²) >= 11 is 7.80. The van der Waals surface area contributed by atoms with E-state index in [0.717, 1.165) is 0 Å². The van der Waals surface area contributed by atoms with E-state index in [1.807, 2.05) is 29.0 Å². The second-order valence-electron chi connectivity index (χ2n) is 9.71. The minimum atomic E-state index is -0.877. The van der Waals surface area contributed by atoms with Gasteiger partial charge in [0.15, 0.2) is 10.8 Å². The summed E-state index contributed by atoms with van der Waals surface area (Å²) < 4.78 is 20.0. The molecule has 1 N–H and O–H groups in total. The first kappa shape index (κ1) is 26.6. The molecule has 202 valence electrons. The molecule has 38 heavy (non-hydrogen) atoms. The highest BCUT2D eigenvalue weighted by Crippen LogP contribution is 2.37. The number of benzene rings is 1. The van der Waals surface area contributed by atoms with Gasteiger partial charge in [0.2, 0.25) is 0 Å². The standard InChI is InChI=1S/C26H30ClFN6O3S/c1-4-37-25(35)20-19(14-32-9-10-33-16(12-32)13-34(15(2)3)26(33)36)30-23(24-29-8-11-38-24)31-22(20)17-6-5-7-18(28)21(17)27/h5-8,11,15-16,22H,4,9-10,12-14H2,1-3H3,(H,30,31)/t16-,22+/m1/s1. The Morgan fingerprint density at radius 3 is 2.84 bits per heavy atom. The van der Waals surface area contributed by atoms with Crippen LogP contribution in [0.15, 0.2) is 46.0 Å². The Kier molecular flexibility index (Phi) is 7.69. The zero-order valence-electron chi connectivity index (χ0n) is 21.5. The van der Waals surface area contributed by atoms with Crippen LogP contribution in [0.1, 0.15) is 37.4 Å². The van der Waals surface area contributed by atoms with E-state index in [1.165, 1.54) is 17.4 Å². The number of aliphatic imine (C=N–C) groups is 1. The van der Waals surface area contributed by atoms with Crippen LogP contribution >= 0.6 is 22.9 Å². The van der Waals surface area contributed by atoms with Crippen LogP contribution in [0.25, 0.3) is 0 Å². The van der Waals surface area contributed by atoms with Gasteiger partial charge in [0, 0.05) is 61.6 Å². The summed E-state index contributed by atoms with van der Waals surface area (Å²) in [6.07, 6.45) is 1.68. The van der Waals surface area contributed by atoms with Gasteiger partial charge >= 0.3 is 12.0 Å². The number of nitrogens with zero attached hydrogens (tertiary/aromatic N) is 5. The maximum atomic E-state index is 14.5. The number of nitrogens with one attached hydrogen (secondary N) is 1. The smallest absolute Gasteiger partial charge is 0.338 e. The number of thiazole rings is 1. The van der Waals surface area contributed by atoms with Crippen molar-refractivity contribution in [2.24, 2.45) is 4.99 Å². The lowest BCUT2D eigenvalue weighted by atomic mass is 9.95. The molecular formula is C26H30ClFN6O3S. The number of rotatable bonds is 7. The molecule has 2 aromatic rings. The number of aromatic nitrogens is 1. The van der Waals surface area contributed by atoms with E-state index >= 15 is 0 Å². The van der Waals surface area contributed by atoms with Crippen LogP contribution in [0.2, 0.25) is 5.02 Å². The molecule has 0 bridgehead atoms. The lowest BCUT2D eigenvalue weighted by Crippen LogP contribution is -2.53. The van der Waals surface area contributed by atoms with Crippen LogP contribution in [0, 0.1) is 5.82 Å². The van der Waals surface area contributed by atoms with Gasteiger partial charge in [0.25, 0.3) is 0 Å². The Morgan fingerprint density at radius 1 is 1.32 bits per heavy atom. The number of fused-ring (bicyclic) bond motifs is 1. The molecule has 1 aromatic carbocycles. The molecule has 12 heteroatoms. The van der Waals surface area contributed by atoms with Crippen LogP contribution in [0.3, 0.4) is 0 Å². The normalized spacial score (nSPS) is 22.1. The van der Waals surface area contributed by atoms with E-state index in [2.05, 4.69) is 15.2 Å². The Hall–Kier alpha value is -3.02. The number of amides is 2. The summed E-state index contributed by atoms with van der Waals surface area (Å²) in [5.74, 6) is -0.646. The lowest BCUT2D eigenvalue weighted by molar-refractivity contribution is -0.139. The second kappa shape index (κ2) is 11.0. The highest BCUT2D eigenvalue weighted by molar-refractivity contribution is 7.11. The number of urea groups is 1. The van der Waals surface area contributed by atoms with Crippen LogP contribution in [-0.2, 0) is 9.53 Å². The number of halogens is 2. The Bertz CT molecular complexity index is 1280. The van der Waals surface area contributed by atoms with Gasteiger partial charge in [-0.3, -0.25) is 9.89 Å². The molecular weight excluding hydrogens is 531 g/mol. The number of amidine groups is 1. The van der Waals surface area contributed by atoms with Crippen LogP contribution < -0.4 is 5.32 Å². The Labute approximate surface area is 229 Å².